The lowest BCUT2D eigenvalue weighted by atomic mass is 10.3. The van der Waals surface area contributed by atoms with E-state index in [1.807, 2.05) is 5.38 Å². The summed E-state index contributed by atoms with van der Waals surface area (Å²) in [5.74, 6) is 0.224. The summed E-state index contributed by atoms with van der Waals surface area (Å²) in [7, 11) is 0. The molecule has 0 unspecified atom stereocenters. The molecule has 0 saturated carbocycles. The molecule has 0 atom stereocenters. The van der Waals surface area contributed by atoms with Gasteiger partial charge in [0.1, 0.15) is 5.76 Å². The lowest BCUT2D eigenvalue weighted by Gasteiger charge is -2.03. The molecule has 0 bridgehead atoms. The molecule has 2 aromatic rings. The van der Waals surface area contributed by atoms with Gasteiger partial charge >= 0.3 is 0 Å². The van der Waals surface area contributed by atoms with Crippen LogP contribution in [-0.4, -0.2) is 17.5 Å². The quantitative estimate of drug-likeness (QED) is 0.633. The van der Waals surface area contributed by atoms with E-state index in [2.05, 4.69) is 15.8 Å². The molecule has 2 aromatic heterocycles. The third kappa shape index (κ3) is 4.88. The minimum Gasteiger partial charge on any atom is -0.467 e. The second-order valence-electron chi connectivity index (χ2n) is 4.30. The number of rotatable bonds is 6. The van der Waals surface area contributed by atoms with Crippen molar-refractivity contribution in [2.24, 2.45) is 5.10 Å². The van der Waals surface area contributed by atoms with Crippen molar-refractivity contribution in [1.82, 2.24) is 10.7 Å². The smallest absolute Gasteiger partial charge is 0.281 e. The summed E-state index contributed by atoms with van der Waals surface area (Å²) in [6.45, 7) is 2.02. The van der Waals surface area contributed by atoms with Crippen molar-refractivity contribution in [1.29, 1.82) is 0 Å². The highest BCUT2D eigenvalue weighted by atomic mass is 32.1. The van der Waals surface area contributed by atoms with E-state index < -0.39 is 0 Å². The van der Waals surface area contributed by atoms with E-state index in [9.17, 15) is 9.59 Å². The van der Waals surface area contributed by atoms with Gasteiger partial charge in [-0.15, -0.1) is 11.3 Å². The van der Waals surface area contributed by atoms with Gasteiger partial charge < -0.3 is 9.73 Å². The van der Waals surface area contributed by atoms with Crippen LogP contribution in [0.25, 0.3) is 0 Å². The Labute approximate surface area is 125 Å². The SMILES string of the molecule is C/C(CC(=O)NCc1ccco1)=N\NC(=O)c1cccs1. The van der Waals surface area contributed by atoms with Crippen molar-refractivity contribution in [2.45, 2.75) is 19.9 Å². The lowest BCUT2D eigenvalue weighted by molar-refractivity contribution is -0.120. The fraction of sp³-hybridized carbons (Fsp3) is 0.214. The Hall–Kier alpha value is -2.41. The third-order valence-corrected chi connectivity index (χ3v) is 3.42. The maximum absolute atomic E-state index is 11.7. The number of hydrogen-bond acceptors (Lipinski definition) is 5. The number of carbonyl (C=O) groups excluding carboxylic acids is 2. The van der Waals surface area contributed by atoms with Gasteiger partial charge in [-0.3, -0.25) is 9.59 Å². The van der Waals surface area contributed by atoms with Crippen molar-refractivity contribution in [2.75, 3.05) is 0 Å². The van der Waals surface area contributed by atoms with Crippen LogP contribution in [0.15, 0.2) is 45.4 Å². The monoisotopic (exact) mass is 305 g/mol. The van der Waals surface area contributed by atoms with E-state index in [0.717, 1.165) is 0 Å². The summed E-state index contributed by atoms with van der Waals surface area (Å²) < 4.78 is 5.11. The highest BCUT2D eigenvalue weighted by Gasteiger charge is 2.07. The number of furan rings is 1. The molecule has 2 amide bonds. The maximum atomic E-state index is 11.7. The summed E-state index contributed by atoms with van der Waals surface area (Å²) >= 11 is 1.33. The van der Waals surface area contributed by atoms with Crippen molar-refractivity contribution >= 4 is 28.9 Å². The summed E-state index contributed by atoms with van der Waals surface area (Å²) in [5.41, 5.74) is 2.95. The molecule has 0 aromatic carbocycles. The van der Waals surface area contributed by atoms with Crippen molar-refractivity contribution in [3.05, 3.63) is 46.5 Å². The van der Waals surface area contributed by atoms with Crippen molar-refractivity contribution in [3.8, 4) is 0 Å². The molecule has 21 heavy (non-hydrogen) atoms. The molecule has 0 fully saturated rings. The zero-order chi connectivity index (χ0) is 15.1. The average Bonchev–Trinajstić information content (AvgIpc) is 3.15. The predicted octanol–water partition coefficient (Wildman–Crippen LogP) is 2.15. The molecule has 2 heterocycles. The zero-order valence-electron chi connectivity index (χ0n) is 11.5. The third-order valence-electron chi connectivity index (χ3n) is 2.55. The number of amides is 2. The summed E-state index contributed by atoms with van der Waals surface area (Å²) in [4.78, 5) is 23.9. The standard InChI is InChI=1S/C14H15N3O3S/c1-10(16-17-14(19)12-5-3-7-21-12)8-13(18)15-9-11-4-2-6-20-11/h2-7H,8-9H2,1H3,(H,15,18)(H,17,19)/b16-10+. The highest BCUT2D eigenvalue weighted by Crippen LogP contribution is 2.07. The molecule has 2 N–H and O–H groups in total. The Morgan fingerprint density at radius 2 is 2.19 bits per heavy atom. The van der Waals surface area contributed by atoms with Gasteiger partial charge in [0.2, 0.25) is 5.91 Å². The minimum absolute atomic E-state index is 0.116. The van der Waals surface area contributed by atoms with Gasteiger partial charge in [0, 0.05) is 5.71 Å². The molecular weight excluding hydrogens is 290 g/mol. The van der Waals surface area contributed by atoms with Crippen LogP contribution in [0, 0.1) is 0 Å². The van der Waals surface area contributed by atoms with Gasteiger partial charge in [-0.2, -0.15) is 5.10 Å². The second kappa shape index (κ2) is 7.39. The first kappa shape index (κ1) is 15.0. The molecular formula is C14H15N3O3S. The number of nitrogens with zero attached hydrogens (tertiary/aromatic N) is 1. The van der Waals surface area contributed by atoms with E-state index in [4.69, 9.17) is 4.42 Å². The van der Waals surface area contributed by atoms with E-state index in [1.54, 1.807) is 37.5 Å². The molecule has 0 aliphatic carbocycles. The van der Waals surface area contributed by atoms with Gasteiger partial charge in [-0.25, -0.2) is 5.43 Å². The largest absolute Gasteiger partial charge is 0.467 e. The average molecular weight is 305 g/mol. The Balaban J connectivity index is 1.75. The molecule has 0 saturated heterocycles. The number of nitrogens with one attached hydrogen (secondary N) is 2. The molecule has 0 spiro atoms. The topological polar surface area (TPSA) is 83.7 Å². The molecule has 0 radical (unpaired) electrons. The summed E-state index contributed by atoms with van der Waals surface area (Å²) in [6, 6.07) is 7.04. The van der Waals surface area contributed by atoms with Gasteiger partial charge in [-0.05, 0) is 30.5 Å². The fourth-order valence-corrected chi connectivity index (χ4v) is 2.16. The maximum Gasteiger partial charge on any atom is 0.281 e. The first-order valence-electron chi connectivity index (χ1n) is 6.31. The van der Waals surface area contributed by atoms with Crippen molar-refractivity contribution < 1.29 is 14.0 Å². The number of hydrazone groups is 1. The second-order valence-corrected chi connectivity index (χ2v) is 5.25. The molecule has 0 aliphatic heterocycles. The number of hydrogen-bond donors (Lipinski definition) is 2. The van der Waals surface area contributed by atoms with Crippen LogP contribution in [0.5, 0.6) is 0 Å². The Morgan fingerprint density at radius 1 is 1.33 bits per heavy atom. The normalized spacial score (nSPS) is 11.2. The highest BCUT2D eigenvalue weighted by molar-refractivity contribution is 7.12. The molecule has 110 valence electrons. The molecule has 7 heteroatoms. The van der Waals surface area contributed by atoms with Crippen LogP contribution in [0.3, 0.4) is 0 Å². The van der Waals surface area contributed by atoms with Crippen molar-refractivity contribution in [3.63, 3.8) is 0 Å². The van der Waals surface area contributed by atoms with Crippen LogP contribution in [0.4, 0.5) is 0 Å². The van der Waals surface area contributed by atoms with Gasteiger partial charge in [-0.1, -0.05) is 6.07 Å². The van der Waals surface area contributed by atoms with Crippen LogP contribution in [0.2, 0.25) is 0 Å². The van der Waals surface area contributed by atoms with E-state index in [0.29, 0.717) is 22.9 Å². The Bertz CT molecular complexity index is 618. The van der Waals surface area contributed by atoms with Gasteiger partial charge in [0.05, 0.1) is 24.1 Å². The van der Waals surface area contributed by atoms with Crippen LogP contribution in [-0.2, 0) is 11.3 Å². The van der Waals surface area contributed by atoms with Gasteiger partial charge in [0.15, 0.2) is 0 Å². The summed E-state index contributed by atoms with van der Waals surface area (Å²) in [6.07, 6.45) is 1.67. The molecule has 2 rings (SSSR count). The molecule has 6 nitrogen and oxygen atoms in total. The first-order valence-corrected chi connectivity index (χ1v) is 7.19. The van der Waals surface area contributed by atoms with Crippen LogP contribution in [0.1, 0.15) is 28.8 Å². The first-order chi connectivity index (χ1) is 10.1. The van der Waals surface area contributed by atoms with Crippen LogP contribution >= 0.6 is 11.3 Å². The lowest BCUT2D eigenvalue weighted by Crippen LogP contribution is -2.25. The predicted molar refractivity (Wildman–Crippen MR) is 80.1 cm³/mol. The number of thiophene rings is 1. The molecule has 0 aliphatic rings. The van der Waals surface area contributed by atoms with Gasteiger partial charge in [0.25, 0.3) is 5.91 Å². The Kier molecular flexibility index (Phi) is 5.28. The van der Waals surface area contributed by atoms with Crippen LogP contribution < -0.4 is 10.7 Å². The summed E-state index contributed by atoms with van der Waals surface area (Å²) in [5, 5.41) is 8.42. The number of carbonyl (C=O) groups is 2. The van der Waals surface area contributed by atoms with E-state index in [1.165, 1.54) is 11.3 Å². The zero-order valence-corrected chi connectivity index (χ0v) is 12.3. The van der Waals surface area contributed by atoms with E-state index in [-0.39, 0.29) is 18.2 Å². The Morgan fingerprint density at radius 3 is 2.86 bits per heavy atom. The minimum atomic E-state index is -0.277. The van der Waals surface area contributed by atoms with E-state index >= 15 is 0 Å². The fourth-order valence-electron chi connectivity index (χ4n) is 1.54.